The standard InChI is InChI=1S/C18H20N2O3/c1-12-9-13(2)19-17(10-12)20-18(21)8-6-14-5-7-15(22-3)16(11-14)23-4/h5-11H,1-4H3,(H,19,20,21). The molecule has 5 heteroatoms. The highest BCUT2D eigenvalue weighted by Gasteiger charge is 2.04. The minimum absolute atomic E-state index is 0.239. The third-order valence-electron chi connectivity index (χ3n) is 3.18. The number of methoxy groups -OCH3 is 2. The molecule has 23 heavy (non-hydrogen) atoms. The summed E-state index contributed by atoms with van der Waals surface area (Å²) < 4.78 is 10.4. The Kier molecular flexibility index (Phi) is 5.36. The topological polar surface area (TPSA) is 60.5 Å². The molecular formula is C18H20N2O3. The van der Waals surface area contributed by atoms with Crippen LogP contribution in [0.15, 0.2) is 36.4 Å². The predicted octanol–water partition coefficient (Wildman–Crippen LogP) is 3.37. The second kappa shape index (κ2) is 7.45. The molecule has 0 fully saturated rings. The molecule has 0 aliphatic carbocycles. The third kappa shape index (κ3) is 4.57. The number of ether oxygens (including phenoxy) is 2. The van der Waals surface area contributed by atoms with E-state index >= 15 is 0 Å². The van der Waals surface area contributed by atoms with Crippen LogP contribution in [0.1, 0.15) is 16.8 Å². The number of rotatable bonds is 5. The number of aryl methyl sites for hydroxylation is 2. The Hall–Kier alpha value is -2.82. The Balaban J connectivity index is 2.09. The lowest BCUT2D eigenvalue weighted by molar-refractivity contribution is -0.111. The number of hydrogen-bond acceptors (Lipinski definition) is 4. The zero-order chi connectivity index (χ0) is 16.8. The van der Waals surface area contributed by atoms with Gasteiger partial charge >= 0.3 is 0 Å². The van der Waals surface area contributed by atoms with Crippen molar-refractivity contribution in [2.75, 3.05) is 19.5 Å². The van der Waals surface area contributed by atoms with Gasteiger partial charge in [-0.2, -0.15) is 0 Å². The molecule has 1 aromatic heterocycles. The van der Waals surface area contributed by atoms with E-state index in [0.29, 0.717) is 17.3 Å². The summed E-state index contributed by atoms with van der Waals surface area (Å²) in [7, 11) is 3.15. The van der Waals surface area contributed by atoms with E-state index in [1.54, 1.807) is 32.4 Å². The van der Waals surface area contributed by atoms with E-state index in [9.17, 15) is 4.79 Å². The summed E-state index contributed by atoms with van der Waals surface area (Å²) in [6.45, 7) is 3.85. The number of nitrogens with one attached hydrogen (secondary N) is 1. The predicted molar refractivity (Wildman–Crippen MR) is 90.9 cm³/mol. The second-order valence-corrected chi connectivity index (χ2v) is 5.11. The van der Waals surface area contributed by atoms with Gasteiger partial charge in [0.2, 0.25) is 5.91 Å². The van der Waals surface area contributed by atoms with Crippen molar-refractivity contribution >= 4 is 17.8 Å². The summed E-state index contributed by atoms with van der Waals surface area (Å²) in [6.07, 6.45) is 3.17. The Labute approximate surface area is 136 Å². The lowest BCUT2D eigenvalue weighted by atomic mass is 10.2. The number of benzene rings is 1. The number of hydrogen-bond donors (Lipinski definition) is 1. The molecule has 0 aliphatic rings. The van der Waals surface area contributed by atoms with Crippen molar-refractivity contribution in [3.63, 3.8) is 0 Å². The largest absolute Gasteiger partial charge is 0.493 e. The monoisotopic (exact) mass is 312 g/mol. The molecule has 0 spiro atoms. The van der Waals surface area contributed by atoms with Crippen molar-refractivity contribution in [3.05, 3.63) is 53.2 Å². The molecule has 0 bridgehead atoms. The van der Waals surface area contributed by atoms with Crippen molar-refractivity contribution in [2.24, 2.45) is 0 Å². The van der Waals surface area contributed by atoms with Crippen molar-refractivity contribution in [2.45, 2.75) is 13.8 Å². The van der Waals surface area contributed by atoms with Gasteiger partial charge in [0.15, 0.2) is 11.5 Å². The fraction of sp³-hybridized carbons (Fsp3) is 0.222. The van der Waals surface area contributed by atoms with Crippen molar-refractivity contribution in [3.8, 4) is 11.5 Å². The van der Waals surface area contributed by atoms with Crippen LogP contribution in [-0.2, 0) is 4.79 Å². The van der Waals surface area contributed by atoms with Gasteiger partial charge < -0.3 is 14.8 Å². The second-order valence-electron chi connectivity index (χ2n) is 5.11. The van der Waals surface area contributed by atoms with Gasteiger partial charge in [0.1, 0.15) is 5.82 Å². The summed E-state index contributed by atoms with van der Waals surface area (Å²) in [5, 5.41) is 2.75. The fourth-order valence-corrected chi connectivity index (χ4v) is 2.20. The van der Waals surface area contributed by atoms with Gasteiger partial charge in [0, 0.05) is 11.8 Å². The molecule has 120 valence electrons. The zero-order valence-electron chi connectivity index (χ0n) is 13.7. The summed E-state index contributed by atoms with van der Waals surface area (Å²) in [4.78, 5) is 16.3. The van der Waals surface area contributed by atoms with Crippen LogP contribution in [0.2, 0.25) is 0 Å². The summed E-state index contributed by atoms with van der Waals surface area (Å²) in [5.74, 6) is 1.57. The minimum Gasteiger partial charge on any atom is -0.493 e. The minimum atomic E-state index is -0.239. The van der Waals surface area contributed by atoms with E-state index in [1.807, 2.05) is 32.0 Å². The maximum atomic E-state index is 12.0. The summed E-state index contributed by atoms with van der Waals surface area (Å²) in [5.41, 5.74) is 2.76. The van der Waals surface area contributed by atoms with Gasteiger partial charge in [-0.3, -0.25) is 4.79 Å². The van der Waals surface area contributed by atoms with E-state index in [0.717, 1.165) is 16.8 Å². The van der Waals surface area contributed by atoms with Gasteiger partial charge in [0.25, 0.3) is 0 Å². The Morgan fingerprint density at radius 3 is 2.48 bits per heavy atom. The Bertz CT molecular complexity index is 719. The molecule has 1 aromatic carbocycles. The number of pyridine rings is 1. The van der Waals surface area contributed by atoms with Gasteiger partial charge in [-0.15, -0.1) is 0 Å². The lowest BCUT2D eigenvalue weighted by Gasteiger charge is -2.07. The molecule has 0 radical (unpaired) electrons. The van der Waals surface area contributed by atoms with Crippen LogP contribution >= 0.6 is 0 Å². The third-order valence-corrected chi connectivity index (χ3v) is 3.18. The van der Waals surface area contributed by atoms with Gasteiger partial charge in [-0.05, 0) is 55.3 Å². The van der Waals surface area contributed by atoms with Crippen LogP contribution in [0.4, 0.5) is 5.82 Å². The van der Waals surface area contributed by atoms with Gasteiger partial charge in [-0.1, -0.05) is 6.07 Å². The summed E-state index contributed by atoms with van der Waals surface area (Å²) >= 11 is 0. The smallest absolute Gasteiger partial charge is 0.249 e. The molecule has 2 rings (SSSR count). The van der Waals surface area contributed by atoms with Crippen LogP contribution in [0.5, 0.6) is 11.5 Å². The number of carbonyl (C=O) groups is 1. The van der Waals surface area contributed by atoms with E-state index in [-0.39, 0.29) is 5.91 Å². The highest BCUT2D eigenvalue weighted by Crippen LogP contribution is 2.27. The first-order chi connectivity index (χ1) is 11.0. The first kappa shape index (κ1) is 16.5. The molecule has 1 amide bonds. The van der Waals surface area contributed by atoms with Gasteiger partial charge in [0.05, 0.1) is 14.2 Å². The first-order valence-corrected chi connectivity index (χ1v) is 7.18. The van der Waals surface area contributed by atoms with Gasteiger partial charge in [-0.25, -0.2) is 4.98 Å². The van der Waals surface area contributed by atoms with E-state index < -0.39 is 0 Å². The van der Waals surface area contributed by atoms with Crippen LogP contribution in [-0.4, -0.2) is 25.1 Å². The first-order valence-electron chi connectivity index (χ1n) is 7.18. The van der Waals surface area contributed by atoms with Crippen LogP contribution in [0.3, 0.4) is 0 Å². The normalized spacial score (nSPS) is 10.6. The highest BCUT2D eigenvalue weighted by atomic mass is 16.5. The molecular weight excluding hydrogens is 292 g/mol. The van der Waals surface area contributed by atoms with Crippen molar-refractivity contribution < 1.29 is 14.3 Å². The van der Waals surface area contributed by atoms with E-state index in [2.05, 4.69) is 10.3 Å². The zero-order valence-corrected chi connectivity index (χ0v) is 13.7. The van der Waals surface area contributed by atoms with E-state index in [4.69, 9.17) is 9.47 Å². The van der Waals surface area contributed by atoms with Crippen molar-refractivity contribution in [1.29, 1.82) is 0 Å². The molecule has 0 saturated carbocycles. The molecule has 0 saturated heterocycles. The average Bonchev–Trinajstić information content (AvgIpc) is 2.51. The number of carbonyl (C=O) groups excluding carboxylic acids is 1. The van der Waals surface area contributed by atoms with Crippen LogP contribution in [0.25, 0.3) is 6.08 Å². The van der Waals surface area contributed by atoms with Crippen LogP contribution < -0.4 is 14.8 Å². The molecule has 5 nitrogen and oxygen atoms in total. The van der Waals surface area contributed by atoms with Crippen LogP contribution in [0, 0.1) is 13.8 Å². The lowest BCUT2D eigenvalue weighted by Crippen LogP contribution is -2.09. The van der Waals surface area contributed by atoms with Crippen molar-refractivity contribution in [1.82, 2.24) is 4.98 Å². The summed E-state index contributed by atoms with van der Waals surface area (Å²) in [6, 6.07) is 9.23. The maximum absolute atomic E-state index is 12.0. The molecule has 0 unspecified atom stereocenters. The molecule has 0 atom stereocenters. The molecule has 1 N–H and O–H groups in total. The maximum Gasteiger partial charge on any atom is 0.249 e. The molecule has 1 heterocycles. The average molecular weight is 312 g/mol. The Morgan fingerprint density at radius 1 is 1.09 bits per heavy atom. The highest BCUT2D eigenvalue weighted by molar-refractivity contribution is 6.01. The SMILES string of the molecule is COc1ccc(C=CC(=O)Nc2cc(C)cc(C)n2)cc1OC. The quantitative estimate of drug-likeness (QED) is 0.860. The number of anilines is 1. The molecule has 2 aromatic rings. The number of amides is 1. The fourth-order valence-electron chi connectivity index (χ4n) is 2.20. The number of nitrogens with zero attached hydrogens (tertiary/aromatic N) is 1. The number of aromatic nitrogens is 1. The Morgan fingerprint density at radius 2 is 1.83 bits per heavy atom. The molecule has 0 aliphatic heterocycles. The van der Waals surface area contributed by atoms with E-state index in [1.165, 1.54) is 6.08 Å².